The first kappa shape index (κ1) is 11.5. The van der Waals surface area contributed by atoms with Gasteiger partial charge < -0.3 is 0 Å². The van der Waals surface area contributed by atoms with Crippen LogP contribution in [0.4, 0.5) is 0 Å². The summed E-state index contributed by atoms with van der Waals surface area (Å²) in [5, 5.41) is 0. The van der Waals surface area contributed by atoms with Gasteiger partial charge in [0, 0.05) is 11.3 Å². The summed E-state index contributed by atoms with van der Waals surface area (Å²) in [4.78, 5) is 17.3. The van der Waals surface area contributed by atoms with Gasteiger partial charge in [-0.15, -0.1) is 0 Å². The topological polar surface area (TPSA) is 34.4 Å². The molecule has 3 rings (SSSR count). The molecule has 94 valence electrons. The molecule has 3 heteroatoms. The van der Waals surface area contributed by atoms with Crippen LogP contribution >= 0.6 is 0 Å². The van der Waals surface area contributed by atoms with E-state index in [0.717, 1.165) is 48.3 Å². The monoisotopic (exact) mass is 242 g/mol. The number of fused-ring (bicyclic) bond motifs is 2. The molecule has 0 aliphatic heterocycles. The van der Waals surface area contributed by atoms with Crippen molar-refractivity contribution in [3.05, 3.63) is 45.5 Å². The minimum Gasteiger partial charge on any atom is -0.269 e. The number of aromatic nitrogens is 2. The van der Waals surface area contributed by atoms with Crippen LogP contribution in [0, 0.1) is 6.92 Å². The third kappa shape index (κ3) is 1.84. The van der Waals surface area contributed by atoms with Gasteiger partial charge >= 0.3 is 0 Å². The molecule has 0 aromatic carbocycles. The Morgan fingerprint density at radius 3 is 2.72 bits per heavy atom. The first-order valence-electron chi connectivity index (χ1n) is 6.77. The molecule has 0 N–H and O–H groups in total. The van der Waals surface area contributed by atoms with E-state index in [2.05, 4.69) is 0 Å². The second kappa shape index (κ2) is 4.56. The standard InChI is InChI=1S/C15H18N2O/c1-11-7-6-10-14-16-13-9-5-3-2-4-8-12(13)15(18)17(11)14/h6-7,10H,2-5,8-9H2,1H3. The van der Waals surface area contributed by atoms with E-state index in [1.807, 2.05) is 25.1 Å². The zero-order valence-corrected chi connectivity index (χ0v) is 10.8. The second-order valence-corrected chi connectivity index (χ2v) is 5.12. The van der Waals surface area contributed by atoms with Gasteiger partial charge in [-0.05, 0) is 44.7 Å². The molecule has 0 bridgehead atoms. The Morgan fingerprint density at radius 1 is 1.11 bits per heavy atom. The fourth-order valence-corrected chi connectivity index (χ4v) is 2.82. The summed E-state index contributed by atoms with van der Waals surface area (Å²) in [5.74, 6) is 0. The van der Waals surface area contributed by atoms with Crippen molar-refractivity contribution in [1.82, 2.24) is 9.38 Å². The summed E-state index contributed by atoms with van der Waals surface area (Å²) in [6.07, 6.45) is 6.60. The number of aryl methyl sites for hydroxylation is 2. The third-order valence-electron chi connectivity index (χ3n) is 3.81. The van der Waals surface area contributed by atoms with E-state index in [1.54, 1.807) is 4.40 Å². The molecule has 2 aromatic rings. The molecule has 2 heterocycles. The van der Waals surface area contributed by atoms with E-state index >= 15 is 0 Å². The first-order chi connectivity index (χ1) is 8.77. The Balaban J connectivity index is 2.30. The van der Waals surface area contributed by atoms with Crippen LogP contribution in [0.15, 0.2) is 23.0 Å². The lowest BCUT2D eigenvalue weighted by atomic mass is 9.98. The van der Waals surface area contributed by atoms with E-state index in [1.165, 1.54) is 12.8 Å². The highest BCUT2D eigenvalue weighted by molar-refractivity contribution is 5.42. The smallest absolute Gasteiger partial charge is 0.261 e. The molecular weight excluding hydrogens is 224 g/mol. The van der Waals surface area contributed by atoms with Gasteiger partial charge in [0.05, 0.1) is 5.69 Å². The fraction of sp³-hybridized carbons (Fsp3) is 0.467. The van der Waals surface area contributed by atoms with E-state index in [9.17, 15) is 4.79 Å². The molecule has 0 fully saturated rings. The van der Waals surface area contributed by atoms with Gasteiger partial charge in [0.2, 0.25) is 0 Å². The highest BCUT2D eigenvalue weighted by atomic mass is 16.1. The quantitative estimate of drug-likeness (QED) is 0.711. The molecule has 0 spiro atoms. The normalized spacial score (nSPS) is 16.1. The average Bonchev–Trinajstić information content (AvgIpc) is 2.31. The van der Waals surface area contributed by atoms with Gasteiger partial charge in [0.1, 0.15) is 5.65 Å². The third-order valence-corrected chi connectivity index (χ3v) is 3.81. The van der Waals surface area contributed by atoms with E-state index < -0.39 is 0 Å². The second-order valence-electron chi connectivity index (χ2n) is 5.12. The van der Waals surface area contributed by atoms with E-state index in [4.69, 9.17) is 4.98 Å². The number of rotatable bonds is 0. The van der Waals surface area contributed by atoms with Gasteiger partial charge in [0.25, 0.3) is 5.56 Å². The van der Waals surface area contributed by atoms with Crippen molar-refractivity contribution in [3.8, 4) is 0 Å². The Hall–Kier alpha value is -1.64. The van der Waals surface area contributed by atoms with Crippen LogP contribution in [0.3, 0.4) is 0 Å². The Morgan fingerprint density at radius 2 is 1.89 bits per heavy atom. The van der Waals surface area contributed by atoms with Crippen LogP contribution in [0.25, 0.3) is 5.65 Å². The van der Waals surface area contributed by atoms with Crippen LogP contribution in [0.2, 0.25) is 0 Å². The van der Waals surface area contributed by atoms with Gasteiger partial charge in [-0.3, -0.25) is 9.20 Å². The number of nitrogens with zero attached hydrogens (tertiary/aromatic N) is 2. The summed E-state index contributed by atoms with van der Waals surface area (Å²) in [5.41, 5.74) is 3.89. The largest absolute Gasteiger partial charge is 0.269 e. The van der Waals surface area contributed by atoms with Crippen molar-refractivity contribution in [1.29, 1.82) is 0 Å². The van der Waals surface area contributed by atoms with Crippen molar-refractivity contribution >= 4 is 5.65 Å². The molecular formula is C15H18N2O. The van der Waals surface area contributed by atoms with Crippen LogP contribution in [0.5, 0.6) is 0 Å². The molecule has 0 amide bonds. The van der Waals surface area contributed by atoms with Gasteiger partial charge in [-0.2, -0.15) is 0 Å². The maximum atomic E-state index is 12.6. The molecule has 2 aromatic heterocycles. The number of hydrogen-bond acceptors (Lipinski definition) is 2. The first-order valence-corrected chi connectivity index (χ1v) is 6.77. The maximum absolute atomic E-state index is 12.6. The minimum atomic E-state index is 0.148. The van der Waals surface area contributed by atoms with Crippen molar-refractivity contribution in [3.63, 3.8) is 0 Å². The molecule has 1 aliphatic carbocycles. The van der Waals surface area contributed by atoms with Crippen LogP contribution in [-0.4, -0.2) is 9.38 Å². The molecule has 0 unspecified atom stereocenters. The van der Waals surface area contributed by atoms with Crippen molar-refractivity contribution in [2.45, 2.75) is 45.4 Å². The summed E-state index contributed by atoms with van der Waals surface area (Å²) >= 11 is 0. The molecule has 0 saturated carbocycles. The van der Waals surface area contributed by atoms with Crippen molar-refractivity contribution in [2.24, 2.45) is 0 Å². The Labute approximate surface area is 106 Å². The van der Waals surface area contributed by atoms with Crippen molar-refractivity contribution in [2.75, 3.05) is 0 Å². The minimum absolute atomic E-state index is 0.148. The zero-order chi connectivity index (χ0) is 12.5. The average molecular weight is 242 g/mol. The predicted octanol–water partition coefficient (Wildman–Crippen LogP) is 2.66. The van der Waals surface area contributed by atoms with Crippen LogP contribution < -0.4 is 5.56 Å². The number of pyridine rings is 1. The van der Waals surface area contributed by atoms with Crippen molar-refractivity contribution < 1.29 is 0 Å². The summed E-state index contributed by atoms with van der Waals surface area (Å²) in [7, 11) is 0. The molecule has 0 saturated heterocycles. The summed E-state index contributed by atoms with van der Waals surface area (Å²) in [6.45, 7) is 1.96. The zero-order valence-electron chi connectivity index (χ0n) is 10.8. The fourth-order valence-electron chi connectivity index (χ4n) is 2.82. The lowest BCUT2D eigenvalue weighted by Crippen LogP contribution is -2.24. The van der Waals surface area contributed by atoms with Gasteiger partial charge in [-0.1, -0.05) is 18.9 Å². The summed E-state index contributed by atoms with van der Waals surface area (Å²) in [6, 6.07) is 5.85. The maximum Gasteiger partial charge on any atom is 0.261 e. The highest BCUT2D eigenvalue weighted by Crippen LogP contribution is 2.17. The predicted molar refractivity (Wildman–Crippen MR) is 72.1 cm³/mol. The molecule has 18 heavy (non-hydrogen) atoms. The Kier molecular flexibility index (Phi) is 2.90. The van der Waals surface area contributed by atoms with Gasteiger partial charge in [0.15, 0.2) is 0 Å². The Bertz CT molecular complexity index is 643. The van der Waals surface area contributed by atoms with E-state index in [0.29, 0.717) is 0 Å². The van der Waals surface area contributed by atoms with Gasteiger partial charge in [-0.25, -0.2) is 4.98 Å². The summed E-state index contributed by atoms with van der Waals surface area (Å²) < 4.78 is 1.75. The van der Waals surface area contributed by atoms with Crippen LogP contribution in [0.1, 0.15) is 42.6 Å². The lowest BCUT2D eigenvalue weighted by molar-refractivity contribution is 0.603. The van der Waals surface area contributed by atoms with E-state index in [-0.39, 0.29) is 5.56 Å². The molecule has 0 atom stereocenters. The number of hydrogen-bond donors (Lipinski definition) is 0. The van der Waals surface area contributed by atoms with Crippen LogP contribution in [-0.2, 0) is 12.8 Å². The molecule has 0 radical (unpaired) electrons. The lowest BCUT2D eigenvalue weighted by Gasteiger charge is -2.14. The molecule has 3 nitrogen and oxygen atoms in total. The SMILES string of the molecule is Cc1cccc2nc3c(c(=O)n12)CCCCCC3. The highest BCUT2D eigenvalue weighted by Gasteiger charge is 2.14. The molecule has 1 aliphatic rings.